The van der Waals surface area contributed by atoms with Crippen molar-refractivity contribution < 1.29 is 23.0 Å². The third kappa shape index (κ3) is 4.93. The summed E-state index contributed by atoms with van der Waals surface area (Å²) in [5.74, 6) is -0.715. The monoisotopic (exact) mass is 524 g/mol. The zero-order chi connectivity index (χ0) is 27.0. The van der Waals surface area contributed by atoms with Crippen LogP contribution in [0.5, 0.6) is 11.5 Å². The van der Waals surface area contributed by atoms with Gasteiger partial charge in [0.15, 0.2) is 23.9 Å². The van der Waals surface area contributed by atoms with Gasteiger partial charge >= 0.3 is 0 Å². The molecule has 0 radical (unpaired) electrons. The fourth-order valence-corrected chi connectivity index (χ4v) is 4.75. The Labute approximate surface area is 220 Å². The first-order valence-corrected chi connectivity index (χ1v) is 12.4. The molecule has 200 valence electrons. The van der Waals surface area contributed by atoms with Gasteiger partial charge in [0.25, 0.3) is 5.91 Å². The zero-order valence-corrected chi connectivity index (χ0v) is 21.8. The number of carbonyl (C=O) groups is 1. The van der Waals surface area contributed by atoms with Gasteiger partial charge in [-0.25, -0.2) is 18.7 Å². The molecule has 11 heteroatoms. The van der Waals surface area contributed by atoms with Crippen molar-refractivity contribution in [2.75, 3.05) is 62.1 Å². The molecule has 5 rings (SSSR count). The van der Waals surface area contributed by atoms with Crippen molar-refractivity contribution >= 4 is 28.9 Å². The van der Waals surface area contributed by atoms with E-state index in [1.807, 2.05) is 18.7 Å². The summed E-state index contributed by atoms with van der Waals surface area (Å²) in [5, 5.41) is 3.03. The van der Waals surface area contributed by atoms with Crippen LogP contribution in [0.2, 0.25) is 0 Å². The van der Waals surface area contributed by atoms with Gasteiger partial charge in [0.1, 0.15) is 11.5 Å². The van der Waals surface area contributed by atoms with Gasteiger partial charge in [-0.1, -0.05) is 0 Å². The van der Waals surface area contributed by atoms with Crippen LogP contribution in [-0.4, -0.2) is 73.8 Å². The molecule has 1 aromatic heterocycles. The molecule has 3 aromatic rings. The van der Waals surface area contributed by atoms with Gasteiger partial charge in [-0.05, 0) is 51.2 Å². The van der Waals surface area contributed by atoms with Crippen molar-refractivity contribution in [3.8, 4) is 22.8 Å². The smallest absolute Gasteiger partial charge is 0.265 e. The van der Waals surface area contributed by atoms with E-state index >= 15 is 4.39 Å². The second kappa shape index (κ2) is 10.4. The number of hydrogen-bond acceptors (Lipinski definition) is 8. The summed E-state index contributed by atoms with van der Waals surface area (Å²) in [4.78, 5) is 27.0. The van der Waals surface area contributed by atoms with Gasteiger partial charge in [0.2, 0.25) is 5.95 Å². The molecule has 0 atom stereocenters. The van der Waals surface area contributed by atoms with Gasteiger partial charge in [-0.15, -0.1) is 0 Å². The molecular weight excluding hydrogens is 494 g/mol. The molecule has 0 bridgehead atoms. The van der Waals surface area contributed by atoms with Crippen LogP contribution in [0.4, 0.5) is 31.8 Å². The fourth-order valence-electron chi connectivity index (χ4n) is 4.75. The highest BCUT2D eigenvalue weighted by Crippen LogP contribution is 2.41. The van der Waals surface area contributed by atoms with E-state index in [1.165, 1.54) is 30.3 Å². The molecule has 0 aliphatic carbocycles. The molecule has 1 fully saturated rings. The number of amides is 1. The maximum atomic E-state index is 15.1. The summed E-state index contributed by atoms with van der Waals surface area (Å²) < 4.78 is 40.9. The highest BCUT2D eigenvalue weighted by molar-refractivity contribution is 5.99. The molecule has 0 unspecified atom stereocenters. The van der Waals surface area contributed by atoms with Crippen LogP contribution in [0.25, 0.3) is 11.3 Å². The van der Waals surface area contributed by atoms with Crippen LogP contribution in [0, 0.1) is 11.6 Å². The molecule has 3 heterocycles. The van der Waals surface area contributed by atoms with E-state index in [4.69, 9.17) is 9.47 Å². The Kier molecular flexibility index (Phi) is 7.02. The molecule has 2 aliphatic heterocycles. The lowest BCUT2D eigenvalue weighted by Gasteiger charge is -2.34. The number of carbonyl (C=O) groups excluding carboxylic acids is 1. The lowest BCUT2D eigenvalue weighted by molar-refractivity contribution is -0.121. The van der Waals surface area contributed by atoms with E-state index in [0.717, 1.165) is 26.2 Å². The highest BCUT2D eigenvalue weighted by atomic mass is 19.1. The third-order valence-electron chi connectivity index (χ3n) is 6.70. The van der Waals surface area contributed by atoms with E-state index in [-0.39, 0.29) is 36.1 Å². The Morgan fingerprint density at radius 3 is 2.50 bits per heavy atom. The first kappa shape index (κ1) is 25.7. The van der Waals surface area contributed by atoms with Crippen molar-refractivity contribution in [2.24, 2.45) is 0 Å². The van der Waals surface area contributed by atoms with E-state index in [1.54, 1.807) is 18.2 Å². The molecule has 1 amide bonds. The van der Waals surface area contributed by atoms with Crippen LogP contribution < -0.4 is 24.6 Å². The average Bonchev–Trinajstić information content (AvgIpc) is 2.89. The summed E-state index contributed by atoms with van der Waals surface area (Å²) in [6, 6.07) is 7.65. The maximum Gasteiger partial charge on any atom is 0.265 e. The number of ether oxygens (including phenoxy) is 2. The molecule has 0 saturated carbocycles. The second-order valence-electron chi connectivity index (χ2n) is 9.64. The van der Waals surface area contributed by atoms with Crippen LogP contribution >= 0.6 is 0 Å². The lowest BCUT2D eigenvalue weighted by atomic mass is 10.1. The fraction of sp³-hybridized carbons (Fsp3) is 0.370. The molecule has 1 saturated heterocycles. The average molecular weight is 525 g/mol. The van der Waals surface area contributed by atoms with Crippen molar-refractivity contribution in [3.63, 3.8) is 0 Å². The Morgan fingerprint density at radius 1 is 1.05 bits per heavy atom. The second-order valence-corrected chi connectivity index (χ2v) is 9.64. The number of methoxy groups -OCH3 is 1. The van der Waals surface area contributed by atoms with Crippen LogP contribution in [0.1, 0.15) is 13.8 Å². The first-order chi connectivity index (χ1) is 18.2. The summed E-state index contributed by atoms with van der Waals surface area (Å²) in [6.07, 6.45) is 1.46. The number of anilines is 4. The van der Waals surface area contributed by atoms with Gasteiger partial charge in [0, 0.05) is 43.5 Å². The maximum absolute atomic E-state index is 15.1. The summed E-state index contributed by atoms with van der Waals surface area (Å²) in [6.45, 7) is 6.73. The van der Waals surface area contributed by atoms with E-state index in [2.05, 4.69) is 27.2 Å². The Bertz CT molecular complexity index is 1360. The highest BCUT2D eigenvalue weighted by Gasteiger charge is 2.31. The minimum atomic E-state index is -0.618. The number of hydrogen-bond donors (Lipinski definition) is 1. The zero-order valence-electron chi connectivity index (χ0n) is 21.8. The van der Waals surface area contributed by atoms with E-state index in [0.29, 0.717) is 34.1 Å². The Morgan fingerprint density at radius 2 is 1.82 bits per heavy atom. The van der Waals surface area contributed by atoms with Crippen LogP contribution in [-0.2, 0) is 4.79 Å². The number of benzene rings is 2. The Balaban J connectivity index is 1.46. The molecule has 2 aliphatic rings. The van der Waals surface area contributed by atoms with Crippen molar-refractivity contribution in [1.29, 1.82) is 0 Å². The first-order valence-electron chi connectivity index (χ1n) is 12.4. The van der Waals surface area contributed by atoms with Gasteiger partial charge in [0.05, 0.1) is 24.7 Å². The summed E-state index contributed by atoms with van der Waals surface area (Å²) in [5.41, 5.74) is 2.03. The molecule has 0 spiro atoms. The quantitative estimate of drug-likeness (QED) is 0.517. The molecular formula is C27H30F2N6O3. The van der Waals surface area contributed by atoms with Crippen molar-refractivity contribution in [2.45, 2.75) is 19.9 Å². The van der Waals surface area contributed by atoms with Crippen molar-refractivity contribution in [3.05, 3.63) is 48.2 Å². The number of nitrogens with zero attached hydrogens (tertiary/aromatic N) is 5. The predicted molar refractivity (Wildman–Crippen MR) is 141 cm³/mol. The van der Waals surface area contributed by atoms with E-state index < -0.39 is 5.82 Å². The predicted octanol–water partition coefficient (Wildman–Crippen LogP) is 4.06. The van der Waals surface area contributed by atoms with Gasteiger partial charge in [-0.3, -0.25) is 4.79 Å². The largest absolute Gasteiger partial charge is 0.493 e. The number of aromatic nitrogens is 2. The van der Waals surface area contributed by atoms with E-state index in [9.17, 15) is 9.18 Å². The summed E-state index contributed by atoms with van der Waals surface area (Å²) in [7, 11) is 3.51. The lowest BCUT2D eigenvalue weighted by Crippen LogP contribution is -2.44. The van der Waals surface area contributed by atoms with Crippen LogP contribution in [0.15, 0.2) is 36.5 Å². The van der Waals surface area contributed by atoms with Crippen molar-refractivity contribution in [1.82, 2.24) is 14.9 Å². The topological polar surface area (TPSA) is 83.1 Å². The SMILES string of the molecule is COc1cnc(Nc2ccc(N3CCN(C)CC3)c(F)c2)nc1-c1cc(F)c2c(c1)N(C(C)C)C(=O)CO2. The number of halogens is 2. The minimum absolute atomic E-state index is 0.0179. The van der Waals surface area contributed by atoms with Gasteiger partial charge in [-0.2, -0.15) is 0 Å². The molecule has 9 nitrogen and oxygen atoms in total. The summed E-state index contributed by atoms with van der Waals surface area (Å²) >= 11 is 0. The number of nitrogens with one attached hydrogen (secondary N) is 1. The number of rotatable bonds is 6. The van der Waals surface area contributed by atoms with Crippen LogP contribution in [0.3, 0.4) is 0 Å². The molecule has 1 N–H and O–H groups in total. The molecule has 38 heavy (non-hydrogen) atoms. The number of fused-ring (bicyclic) bond motifs is 1. The Hall–Kier alpha value is -3.99. The van der Waals surface area contributed by atoms with Gasteiger partial charge < -0.3 is 29.5 Å². The standard InChI is InChI=1S/C27H30F2N6O3/c1-16(2)35-22-12-17(11-20(29)26(22)38-15-24(35)36)25-23(37-4)14-30-27(32-25)31-18-5-6-21(19(28)13-18)34-9-7-33(3)8-10-34/h5-6,11-14,16H,7-10,15H2,1-4H3,(H,30,31,32). The number of piperazine rings is 1. The normalized spacial score (nSPS) is 15.9. The minimum Gasteiger partial charge on any atom is -0.493 e. The number of likely N-dealkylation sites (N-methyl/N-ethyl adjacent to an activating group) is 1. The molecule has 2 aromatic carbocycles. The third-order valence-corrected chi connectivity index (χ3v) is 6.70.